The van der Waals surface area contributed by atoms with Crippen molar-refractivity contribution in [1.82, 2.24) is 9.62 Å². The Hall–Kier alpha value is -1.77. The van der Waals surface area contributed by atoms with E-state index in [1.807, 2.05) is 52.8 Å². The summed E-state index contributed by atoms with van der Waals surface area (Å²) in [7, 11) is -1.29. The maximum atomic E-state index is 10.8. The van der Waals surface area contributed by atoms with E-state index in [9.17, 15) is 9.11 Å². The minimum atomic E-state index is -2.95. The van der Waals surface area contributed by atoms with Gasteiger partial charge in [-0.05, 0) is 36.7 Å². The monoisotopic (exact) mass is 375 g/mol. The molecule has 0 aromatic heterocycles. The fourth-order valence-electron chi connectivity index (χ4n) is 3.79. The molecule has 1 atom stereocenters. The third kappa shape index (κ3) is 3.06. The predicted molar refractivity (Wildman–Crippen MR) is 107 cm³/mol. The number of benzene rings is 2. The zero-order chi connectivity index (χ0) is 18.1. The highest BCUT2D eigenvalue weighted by Gasteiger charge is 2.41. The van der Waals surface area contributed by atoms with Crippen molar-refractivity contribution in [1.29, 1.82) is 0 Å². The van der Waals surface area contributed by atoms with Gasteiger partial charge in [0.1, 0.15) is 5.75 Å². The number of rotatable bonds is 4. The third-order valence-electron chi connectivity index (χ3n) is 5.15. The van der Waals surface area contributed by atoms with Crippen LogP contribution in [0.15, 0.2) is 48.5 Å². The highest BCUT2D eigenvalue weighted by Crippen LogP contribution is 2.54. The Morgan fingerprint density at radius 2 is 1.85 bits per heavy atom. The molecular weight excluding hydrogens is 350 g/mol. The predicted octanol–water partition coefficient (Wildman–Crippen LogP) is 3.43. The van der Waals surface area contributed by atoms with Crippen molar-refractivity contribution in [3.8, 4) is 16.9 Å². The van der Waals surface area contributed by atoms with Crippen molar-refractivity contribution in [2.24, 2.45) is 0 Å². The van der Waals surface area contributed by atoms with Crippen LogP contribution in [0.5, 0.6) is 5.75 Å². The average Bonchev–Trinajstić information content (AvgIpc) is 3.29. The van der Waals surface area contributed by atoms with Gasteiger partial charge in [-0.25, -0.2) is 0 Å². The summed E-state index contributed by atoms with van der Waals surface area (Å²) in [6.45, 7) is 3.04. The second kappa shape index (κ2) is 7.09. The molecule has 2 aliphatic heterocycles. The SMILES string of the molecule is COc1ccccc1-c1ccc(N2CCN(C3CCNC3)S2(O)O)cc1. The van der Waals surface area contributed by atoms with Crippen LogP contribution in [-0.4, -0.2) is 52.7 Å². The molecule has 0 saturated carbocycles. The molecule has 2 fully saturated rings. The molecule has 1 unspecified atom stereocenters. The van der Waals surface area contributed by atoms with E-state index in [1.54, 1.807) is 11.4 Å². The molecular formula is C19H25N3O3S. The first-order valence-corrected chi connectivity index (χ1v) is 10.3. The number of hydrogen-bond acceptors (Lipinski definition) is 6. The number of nitrogens with zero attached hydrogens (tertiary/aromatic N) is 2. The molecule has 2 heterocycles. The molecule has 7 heteroatoms. The van der Waals surface area contributed by atoms with Gasteiger partial charge in [0.15, 0.2) is 0 Å². The van der Waals surface area contributed by atoms with Crippen molar-refractivity contribution in [2.75, 3.05) is 37.6 Å². The molecule has 0 radical (unpaired) electrons. The topological polar surface area (TPSA) is 68.2 Å². The summed E-state index contributed by atoms with van der Waals surface area (Å²) in [5.41, 5.74) is 2.89. The lowest BCUT2D eigenvalue weighted by Gasteiger charge is -2.45. The van der Waals surface area contributed by atoms with Crippen molar-refractivity contribution in [2.45, 2.75) is 12.5 Å². The van der Waals surface area contributed by atoms with Crippen LogP contribution in [0.3, 0.4) is 0 Å². The highest BCUT2D eigenvalue weighted by molar-refractivity contribution is 8.23. The molecule has 6 nitrogen and oxygen atoms in total. The summed E-state index contributed by atoms with van der Waals surface area (Å²) in [6, 6.07) is 16.0. The number of anilines is 1. The van der Waals surface area contributed by atoms with Gasteiger partial charge < -0.3 is 10.1 Å². The van der Waals surface area contributed by atoms with Crippen LogP contribution in [0, 0.1) is 0 Å². The smallest absolute Gasteiger partial charge is 0.126 e. The zero-order valence-electron chi connectivity index (χ0n) is 14.8. The van der Waals surface area contributed by atoms with E-state index in [-0.39, 0.29) is 6.04 Å². The number of methoxy groups -OCH3 is 1. The largest absolute Gasteiger partial charge is 0.496 e. The highest BCUT2D eigenvalue weighted by atomic mass is 32.3. The van der Waals surface area contributed by atoms with E-state index in [0.29, 0.717) is 13.1 Å². The molecule has 2 aliphatic rings. The van der Waals surface area contributed by atoms with Gasteiger partial charge in [-0.3, -0.25) is 13.4 Å². The lowest BCUT2D eigenvalue weighted by Crippen LogP contribution is -2.38. The number of hydrogen-bond donors (Lipinski definition) is 3. The number of para-hydroxylation sites is 1. The molecule has 140 valence electrons. The van der Waals surface area contributed by atoms with Crippen molar-refractivity contribution < 1.29 is 13.8 Å². The maximum absolute atomic E-state index is 10.8. The molecule has 0 spiro atoms. The molecule has 4 rings (SSSR count). The van der Waals surface area contributed by atoms with Crippen LogP contribution >= 0.6 is 11.0 Å². The van der Waals surface area contributed by atoms with Gasteiger partial charge in [0.05, 0.1) is 19.3 Å². The van der Waals surface area contributed by atoms with Crippen molar-refractivity contribution >= 4 is 16.6 Å². The van der Waals surface area contributed by atoms with Crippen LogP contribution in [0.25, 0.3) is 11.1 Å². The first-order valence-electron chi connectivity index (χ1n) is 8.88. The minimum absolute atomic E-state index is 0.192. The first-order chi connectivity index (χ1) is 12.6. The average molecular weight is 375 g/mol. The molecule has 3 N–H and O–H groups in total. The van der Waals surface area contributed by atoms with E-state index in [1.165, 1.54) is 0 Å². The minimum Gasteiger partial charge on any atom is -0.496 e. The van der Waals surface area contributed by atoms with Crippen LogP contribution in [-0.2, 0) is 0 Å². The van der Waals surface area contributed by atoms with E-state index < -0.39 is 11.0 Å². The molecule has 2 saturated heterocycles. The normalized spacial score (nSPS) is 24.0. The van der Waals surface area contributed by atoms with Gasteiger partial charge in [0.2, 0.25) is 0 Å². The Labute approximate surface area is 156 Å². The molecule has 2 aromatic carbocycles. The molecule has 26 heavy (non-hydrogen) atoms. The summed E-state index contributed by atoms with van der Waals surface area (Å²) in [5, 5.41) is 3.30. The van der Waals surface area contributed by atoms with Gasteiger partial charge in [0, 0.05) is 24.7 Å². The Balaban J connectivity index is 1.57. The summed E-state index contributed by atoms with van der Waals surface area (Å²) >= 11 is 0. The summed E-state index contributed by atoms with van der Waals surface area (Å²) < 4.78 is 30.7. The second-order valence-electron chi connectivity index (χ2n) is 6.63. The summed E-state index contributed by atoms with van der Waals surface area (Å²) in [4.78, 5) is 0. The summed E-state index contributed by atoms with van der Waals surface area (Å²) in [5.74, 6) is 0.825. The van der Waals surface area contributed by atoms with Gasteiger partial charge in [-0.15, -0.1) is 0 Å². The fourth-order valence-corrected chi connectivity index (χ4v) is 5.68. The van der Waals surface area contributed by atoms with Crippen LogP contribution < -0.4 is 14.4 Å². The number of ether oxygens (including phenoxy) is 1. The molecule has 2 aromatic rings. The van der Waals surface area contributed by atoms with Crippen LogP contribution in [0.1, 0.15) is 6.42 Å². The van der Waals surface area contributed by atoms with Gasteiger partial charge >= 0.3 is 0 Å². The molecule has 0 aliphatic carbocycles. The third-order valence-corrected chi connectivity index (χ3v) is 7.24. The first kappa shape index (κ1) is 17.6. The summed E-state index contributed by atoms with van der Waals surface area (Å²) in [6.07, 6.45) is 0.955. The number of nitrogens with one attached hydrogen (secondary N) is 1. The van der Waals surface area contributed by atoms with Crippen molar-refractivity contribution in [3.63, 3.8) is 0 Å². The quantitative estimate of drug-likeness (QED) is 0.761. The van der Waals surface area contributed by atoms with Gasteiger partial charge in [-0.2, -0.15) is 4.31 Å². The molecule has 0 bridgehead atoms. The Kier molecular flexibility index (Phi) is 4.81. The Morgan fingerprint density at radius 3 is 2.54 bits per heavy atom. The van der Waals surface area contributed by atoms with Gasteiger partial charge in [-0.1, -0.05) is 41.3 Å². The Bertz CT molecular complexity index is 763. The van der Waals surface area contributed by atoms with Crippen LogP contribution in [0.4, 0.5) is 5.69 Å². The zero-order valence-corrected chi connectivity index (χ0v) is 15.7. The van der Waals surface area contributed by atoms with E-state index in [2.05, 4.69) is 5.32 Å². The molecule has 0 amide bonds. The Morgan fingerprint density at radius 1 is 1.08 bits per heavy atom. The maximum Gasteiger partial charge on any atom is 0.126 e. The van der Waals surface area contributed by atoms with Crippen molar-refractivity contribution in [3.05, 3.63) is 48.5 Å². The fraction of sp³-hybridized carbons (Fsp3) is 0.368. The standard InChI is InChI=1S/C19H25N3O3S/c1-25-19-5-3-2-4-18(19)15-6-8-16(9-7-15)21-12-13-22(26(21,23)24)17-10-11-20-14-17/h2-9,17,20,23-24H,10-14H2,1H3. The van der Waals surface area contributed by atoms with E-state index >= 15 is 0 Å². The van der Waals surface area contributed by atoms with E-state index in [0.717, 1.165) is 42.1 Å². The lowest BCUT2D eigenvalue weighted by molar-refractivity contribution is 0.322. The second-order valence-corrected chi connectivity index (χ2v) is 8.52. The van der Waals surface area contributed by atoms with Gasteiger partial charge in [0.25, 0.3) is 0 Å². The van der Waals surface area contributed by atoms with Crippen LogP contribution in [0.2, 0.25) is 0 Å². The van der Waals surface area contributed by atoms with E-state index in [4.69, 9.17) is 4.74 Å². The lowest BCUT2D eigenvalue weighted by atomic mass is 10.0.